The number of piperidine rings is 1. The molecule has 0 bridgehead atoms. The number of rotatable bonds is 1. The lowest BCUT2D eigenvalue weighted by Crippen LogP contribution is -2.34. The Kier molecular flexibility index (Phi) is 2.44. The molecular formula is C9H17NO. The summed E-state index contributed by atoms with van der Waals surface area (Å²) in [6.45, 7) is 4.48. The molecule has 2 rings (SSSR count). The first kappa shape index (κ1) is 7.56. The minimum Gasteiger partial charge on any atom is -0.381 e. The van der Waals surface area contributed by atoms with Crippen LogP contribution in [0.25, 0.3) is 0 Å². The van der Waals surface area contributed by atoms with Gasteiger partial charge >= 0.3 is 0 Å². The molecule has 2 heterocycles. The fraction of sp³-hybridized carbons (Fsp3) is 1.00. The quantitative estimate of drug-likeness (QED) is 0.610. The summed E-state index contributed by atoms with van der Waals surface area (Å²) < 4.78 is 5.38. The summed E-state index contributed by atoms with van der Waals surface area (Å²) in [6, 6.07) is 0. The van der Waals surface area contributed by atoms with Crippen molar-refractivity contribution in [2.24, 2.45) is 11.8 Å². The minimum absolute atomic E-state index is 0.864. The van der Waals surface area contributed by atoms with E-state index >= 15 is 0 Å². The maximum absolute atomic E-state index is 5.38. The summed E-state index contributed by atoms with van der Waals surface area (Å²) in [5.41, 5.74) is 0. The van der Waals surface area contributed by atoms with Gasteiger partial charge in [0.1, 0.15) is 0 Å². The van der Waals surface area contributed by atoms with Gasteiger partial charge in [-0.25, -0.2) is 0 Å². The molecule has 0 aromatic carbocycles. The molecule has 2 saturated heterocycles. The lowest BCUT2D eigenvalue weighted by Gasteiger charge is -2.26. The number of ether oxygens (including phenoxy) is 1. The van der Waals surface area contributed by atoms with Crippen LogP contribution in [0.2, 0.25) is 0 Å². The van der Waals surface area contributed by atoms with Crippen molar-refractivity contribution in [1.29, 1.82) is 0 Å². The normalized spacial score (nSPS) is 39.3. The van der Waals surface area contributed by atoms with Crippen LogP contribution in [0.3, 0.4) is 0 Å². The topological polar surface area (TPSA) is 21.3 Å². The van der Waals surface area contributed by atoms with Gasteiger partial charge in [-0.05, 0) is 44.2 Å². The molecule has 2 atom stereocenters. The molecule has 2 aliphatic heterocycles. The third-order valence-electron chi connectivity index (χ3n) is 2.97. The molecule has 0 aliphatic carbocycles. The average molecular weight is 155 g/mol. The first-order valence-corrected chi connectivity index (χ1v) is 4.75. The molecule has 0 aromatic heterocycles. The number of nitrogens with one attached hydrogen (secondary N) is 1. The molecule has 2 nitrogen and oxygen atoms in total. The third-order valence-corrected chi connectivity index (χ3v) is 2.97. The molecular weight excluding hydrogens is 138 g/mol. The Balaban J connectivity index is 1.82. The second-order valence-electron chi connectivity index (χ2n) is 3.73. The van der Waals surface area contributed by atoms with Gasteiger partial charge in [0.25, 0.3) is 0 Å². The predicted octanol–water partition coefficient (Wildman–Crippen LogP) is 1.02. The van der Waals surface area contributed by atoms with Crippen molar-refractivity contribution in [3.63, 3.8) is 0 Å². The molecule has 0 spiro atoms. The van der Waals surface area contributed by atoms with Crippen molar-refractivity contribution < 1.29 is 4.74 Å². The van der Waals surface area contributed by atoms with E-state index in [1.54, 1.807) is 0 Å². The van der Waals surface area contributed by atoms with E-state index in [0.29, 0.717) is 0 Å². The molecule has 1 N–H and O–H groups in total. The number of hydrogen-bond donors (Lipinski definition) is 1. The Morgan fingerprint density at radius 2 is 2.18 bits per heavy atom. The van der Waals surface area contributed by atoms with Crippen molar-refractivity contribution in [3.8, 4) is 0 Å². The second kappa shape index (κ2) is 3.55. The van der Waals surface area contributed by atoms with Gasteiger partial charge in [0, 0.05) is 13.2 Å². The standard InChI is InChI=1S/C9H17NO/c1-2-8(6-10-4-1)9-3-5-11-7-9/h8-10H,1-7H2. The van der Waals surface area contributed by atoms with Gasteiger partial charge in [0.2, 0.25) is 0 Å². The van der Waals surface area contributed by atoms with Crippen LogP contribution in [0, 0.1) is 11.8 Å². The van der Waals surface area contributed by atoms with E-state index < -0.39 is 0 Å². The maximum atomic E-state index is 5.38. The van der Waals surface area contributed by atoms with Crippen LogP contribution in [0.1, 0.15) is 19.3 Å². The van der Waals surface area contributed by atoms with Crippen LogP contribution in [0.4, 0.5) is 0 Å². The highest BCUT2D eigenvalue weighted by Gasteiger charge is 2.26. The monoisotopic (exact) mass is 155 g/mol. The summed E-state index contributed by atoms with van der Waals surface area (Å²) in [6.07, 6.45) is 4.08. The Bertz CT molecular complexity index is 115. The Labute approximate surface area is 68.3 Å². The van der Waals surface area contributed by atoms with Crippen molar-refractivity contribution in [2.75, 3.05) is 26.3 Å². The molecule has 2 heteroatoms. The van der Waals surface area contributed by atoms with Crippen LogP contribution >= 0.6 is 0 Å². The Morgan fingerprint density at radius 3 is 2.82 bits per heavy atom. The first-order valence-electron chi connectivity index (χ1n) is 4.75. The molecule has 0 radical (unpaired) electrons. The van der Waals surface area contributed by atoms with Crippen LogP contribution in [0.15, 0.2) is 0 Å². The van der Waals surface area contributed by atoms with Gasteiger partial charge < -0.3 is 10.1 Å². The zero-order chi connectivity index (χ0) is 7.52. The summed E-state index contributed by atoms with van der Waals surface area (Å²) in [4.78, 5) is 0. The van der Waals surface area contributed by atoms with E-state index in [4.69, 9.17) is 4.74 Å². The molecule has 2 unspecified atom stereocenters. The zero-order valence-corrected chi connectivity index (χ0v) is 7.01. The minimum atomic E-state index is 0.864. The van der Waals surface area contributed by atoms with E-state index in [1.807, 2.05) is 0 Å². The van der Waals surface area contributed by atoms with Gasteiger partial charge in [-0.2, -0.15) is 0 Å². The Hall–Kier alpha value is -0.0800. The second-order valence-corrected chi connectivity index (χ2v) is 3.73. The van der Waals surface area contributed by atoms with Gasteiger partial charge in [0.05, 0.1) is 0 Å². The predicted molar refractivity (Wildman–Crippen MR) is 44.5 cm³/mol. The van der Waals surface area contributed by atoms with Gasteiger partial charge in [-0.1, -0.05) is 0 Å². The van der Waals surface area contributed by atoms with Gasteiger partial charge in [0.15, 0.2) is 0 Å². The zero-order valence-electron chi connectivity index (χ0n) is 7.01. The molecule has 64 valence electrons. The molecule has 2 aliphatic rings. The summed E-state index contributed by atoms with van der Waals surface area (Å²) in [5, 5.41) is 3.46. The van der Waals surface area contributed by atoms with Gasteiger partial charge in [-0.3, -0.25) is 0 Å². The lowest BCUT2D eigenvalue weighted by atomic mass is 9.86. The number of hydrogen-bond acceptors (Lipinski definition) is 2. The van der Waals surface area contributed by atoms with Crippen LogP contribution < -0.4 is 5.32 Å². The lowest BCUT2D eigenvalue weighted by molar-refractivity contribution is 0.164. The summed E-state index contributed by atoms with van der Waals surface area (Å²) in [7, 11) is 0. The SMILES string of the molecule is C1CNCC(C2CCOC2)C1. The highest BCUT2D eigenvalue weighted by Crippen LogP contribution is 2.26. The highest BCUT2D eigenvalue weighted by atomic mass is 16.5. The fourth-order valence-electron chi connectivity index (χ4n) is 2.21. The highest BCUT2D eigenvalue weighted by molar-refractivity contribution is 4.78. The van der Waals surface area contributed by atoms with E-state index in [0.717, 1.165) is 25.0 Å². The summed E-state index contributed by atoms with van der Waals surface area (Å²) >= 11 is 0. The molecule has 0 amide bonds. The molecule has 0 aromatic rings. The van der Waals surface area contributed by atoms with Crippen LogP contribution in [0.5, 0.6) is 0 Å². The van der Waals surface area contributed by atoms with E-state index in [2.05, 4.69) is 5.32 Å². The van der Waals surface area contributed by atoms with Crippen LogP contribution in [-0.2, 0) is 4.74 Å². The molecule has 11 heavy (non-hydrogen) atoms. The van der Waals surface area contributed by atoms with Crippen molar-refractivity contribution >= 4 is 0 Å². The molecule has 0 saturated carbocycles. The van der Waals surface area contributed by atoms with Crippen molar-refractivity contribution in [2.45, 2.75) is 19.3 Å². The largest absolute Gasteiger partial charge is 0.381 e. The fourth-order valence-corrected chi connectivity index (χ4v) is 2.21. The van der Waals surface area contributed by atoms with Gasteiger partial charge in [-0.15, -0.1) is 0 Å². The maximum Gasteiger partial charge on any atom is 0.0498 e. The van der Waals surface area contributed by atoms with Crippen LogP contribution in [-0.4, -0.2) is 26.3 Å². The van der Waals surface area contributed by atoms with E-state index in [1.165, 1.54) is 32.4 Å². The van der Waals surface area contributed by atoms with E-state index in [9.17, 15) is 0 Å². The molecule has 2 fully saturated rings. The average Bonchev–Trinajstić information content (AvgIpc) is 2.58. The summed E-state index contributed by atoms with van der Waals surface area (Å²) in [5.74, 6) is 1.77. The van der Waals surface area contributed by atoms with Crippen molar-refractivity contribution in [3.05, 3.63) is 0 Å². The Morgan fingerprint density at radius 1 is 1.18 bits per heavy atom. The van der Waals surface area contributed by atoms with Crippen molar-refractivity contribution in [1.82, 2.24) is 5.32 Å². The first-order chi connectivity index (χ1) is 5.47. The third kappa shape index (κ3) is 1.74. The smallest absolute Gasteiger partial charge is 0.0498 e. The van der Waals surface area contributed by atoms with E-state index in [-0.39, 0.29) is 0 Å².